The molecule has 0 spiro atoms. The standard InChI is InChI=1S/C28H17F4N/c29-26-13-9-19(10-14-26)18-1-3-21(4-2-18)24-15-23-6-5-22(16-27(23)33-17-24)20-7-11-25(12-8-20)28(30,31)32/h1-17H. The molecule has 0 saturated carbocycles. The second-order valence-corrected chi connectivity index (χ2v) is 7.79. The fraction of sp³-hybridized carbons (Fsp3) is 0.0357. The molecule has 0 fully saturated rings. The largest absolute Gasteiger partial charge is 0.416 e. The maximum atomic E-state index is 13.1. The highest BCUT2D eigenvalue weighted by Crippen LogP contribution is 2.32. The molecule has 1 heterocycles. The van der Waals surface area contributed by atoms with Crippen molar-refractivity contribution in [3.8, 4) is 33.4 Å². The summed E-state index contributed by atoms with van der Waals surface area (Å²) in [5, 5.41) is 0.936. The van der Waals surface area contributed by atoms with Gasteiger partial charge in [-0.2, -0.15) is 13.2 Å². The van der Waals surface area contributed by atoms with Crippen molar-refractivity contribution in [2.45, 2.75) is 6.18 Å². The molecule has 162 valence electrons. The number of hydrogen-bond donors (Lipinski definition) is 0. The van der Waals surface area contributed by atoms with Crippen molar-refractivity contribution < 1.29 is 17.6 Å². The average molecular weight is 443 g/mol. The smallest absolute Gasteiger partial charge is 0.256 e. The normalized spacial score (nSPS) is 11.6. The average Bonchev–Trinajstić information content (AvgIpc) is 2.83. The number of pyridine rings is 1. The van der Waals surface area contributed by atoms with Crippen LogP contribution in [0.1, 0.15) is 5.56 Å². The summed E-state index contributed by atoms with van der Waals surface area (Å²) in [4.78, 5) is 4.57. The van der Waals surface area contributed by atoms with Gasteiger partial charge in [-0.25, -0.2) is 4.39 Å². The third-order valence-electron chi connectivity index (χ3n) is 5.63. The maximum Gasteiger partial charge on any atom is 0.416 e. The first-order valence-electron chi connectivity index (χ1n) is 10.3. The summed E-state index contributed by atoms with van der Waals surface area (Å²) in [5.41, 5.74) is 5.49. The van der Waals surface area contributed by atoms with E-state index in [2.05, 4.69) is 4.98 Å². The van der Waals surface area contributed by atoms with Crippen molar-refractivity contribution in [2.24, 2.45) is 0 Å². The number of nitrogens with zero attached hydrogens (tertiary/aromatic N) is 1. The molecule has 0 unspecified atom stereocenters. The Bertz CT molecular complexity index is 1420. The quantitative estimate of drug-likeness (QED) is 0.255. The number of aromatic nitrogens is 1. The van der Waals surface area contributed by atoms with Gasteiger partial charge in [0.05, 0.1) is 11.1 Å². The van der Waals surface area contributed by atoms with E-state index in [0.29, 0.717) is 5.56 Å². The van der Waals surface area contributed by atoms with E-state index in [-0.39, 0.29) is 5.82 Å². The van der Waals surface area contributed by atoms with Gasteiger partial charge in [-0.3, -0.25) is 4.98 Å². The third kappa shape index (κ3) is 4.35. The first-order valence-corrected chi connectivity index (χ1v) is 10.3. The van der Waals surface area contributed by atoms with Gasteiger partial charge >= 0.3 is 6.18 Å². The Hall–Kier alpha value is -3.99. The van der Waals surface area contributed by atoms with E-state index >= 15 is 0 Å². The van der Waals surface area contributed by atoms with Gasteiger partial charge in [-0.05, 0) is 64.2 Å². The molecule has 4 aromatic carbocycles. The molecule has 0 amide bonds. The minimum absolute atomic E-state index is 0.265. The van der Waals surface area contributed by atoms with Crippen LogP contribution in [-0.2, 0) is 6.18 Å². The van der Waals surface area contributed by atoms with Crippen LogP contribution in [0.3, 0.4) is 0 Å². The van der Waals surface area contributed by atoms with E-state index in [1.54, 1.807) is 18.3 Å². The van der Waals surface area contributed by atoms with Crippen molar-refractivity contribution >= 4 is 10.9 Å². The van der Waals surface area contributed by atoms with Crippen LogP contribution < -0.4 is 0 Å². The summed E-state index contributed by atoms with van der Waals surface area (Å²) in [5.74, 6) is -0.265. The van der Waals surface area contributed by atoms with E-state index in [0.717, 1.165) is 50.9 Å². The summed E-state index contributed by atoms with van der Waals surface area (Å²) < 4.78 is 51.6. The van der Waals surface area contributed by atoms with E-state index in [1.165, 1.54) is 24.3 Å². The van der Waals surface area contributed by atoms with Crippen LogP contribution in [0.5, 0.6) is 0 Å². The van der Waals surface area contributed by atoms with Gasteiger partial charge in [0.25, 0.3) is 0 Å². The van der Waals surface area contributed by atoms with Gasteiger partial charge in [0, 0.05) is 17.1 Å². The Morgan fingerprint density at radius 1 is 0.515 bits per heavy atom. The minimum Gasteiger partial charge on any atom is -0.256 e. The monoisotopic (exact) mass is 443 g/mol. The molecule has 33 heavy (non-hydrogen) atoms. The van der Waals surface area contributed by atoms with E-state index < -0.39 is 11.7 Å². The van der Waals surface area contributed by atoms with Crippen LogP contribution in [-0.4, -0.2) is 4.98 Å². The molecule has 0 radical (unpaired) electrons. The van der Waals surface area contributed by atoms with Crippen molar-refractivity contribution in [2.75, 3.05) is 0 Å². The highest BCUT2D eigenvalue weighted by atomic mass is 19.4. The SMILES string of the molecule is Fc1ccc(-c2ccc(-c3cnc4cc(-c5ccc(C(F)(F)F)cc5)ccc4c3)cc2)cc1. The predicted octanol–water partition coefficient (Wildman–Crippen LogP) is 8.39. The van der Waals surface area contributed by atoms with Crippen molar-refractivity contribution in [1.82, 2.24) is 4.98 Å². The van der Waals surface area contributed by atoms with Crippen molar-refractivity contribution in [3.05, 3.63) is 115 Å². The zero-order valence-corrected chi connectivity index (χ0v) is 17.3. The lowest BCUT2D eigenvalue weighted by Crippen LogP contribution is -2.03. The Morgan fingerprint density at radius 3 is 1.61 bits per heavy atom. The number of hydrogen-bond acceptors (Lipinski definition) is 1. The molecule has 0 atom stereocenters. The number of alkyl halides is 3. The molecule has 0 saturated heterocycles. The maximum absolute atomic E-state index is 13.1. The lowest BCUT2D eigenvalue weighted by atomic mass is 9.99. The van der Waals surface area contributed by atoms with Gasteiger partial charge in [0.15, 0.2) is 0 Å². The summed E-state index contributed by atoms with van der Waals surface area (Å²) in [6, 6.07) is 27.2. The summed E-state index contributed by atoms with van der Waals surface area (Å²) in [6.45, 7) is 0. The third-order valence-corrected chi connectivity index (χ3v) is 5.63. The Balaban J connectivity index is 1.41. The minimum atomic E-state index is -4.35. The first-order chi connectivity index (χ1) is 15.9. The molecule has 0 aliphatic carbocycles. The van der Waals surface area contributed by atoms with Gasteiger partial charge in [-0.15, -0.1) is 0 Å². The highest BCUT2D eigenvalue weighted by molar-refractivity contribution is 5.87. The van der Waals surface area contributed by atoms with E-state index in [1.807, 2.05) is 48.5 Å². The zero-order valence-electron chi connectivity index (χ0n) is 17.3. The molecular formula is C28H17F4N. The molecule has 0 aliphatic heterocycles. The van der Waals surface area contributed by atoms with Crippen LogP contribution in [0.4, 0.5) is 17.6 Å². The van der Waals surface area contributed by atoms with Crippen LogP contribution in [0.2, 0.25) is 0 Å². The van der Waals surface area contributed by atoms with Crippen molar-refractivity contribution in [3.63, 3.8) is 0 Å². The Labute approximate surface area is 188 Å². The first kappa shape index (κ1) is 20.9. The molecule has 0 aliphatic rings. The van der Waals surface area contributed by atoms with Crippen LogP contribution in [0.15, 0.2) is 103 Å². The Morgan fingerprint density at radius 2 is 1.00 bits per heavy atom. The van der Waals surface area contributed by atoms with E-state index in [9.17, 15) is 17.6 Å². The second kappa shape index (κ2) is 8.17. The van der Waals surface area contributed by atoms with Crippen molar-refractivity contribution in [1.29, 1.82) is 0 Å². The predicted molar refractivity (Wildman–Crippen MR) is 123 cm³/mol. The highest BCUT2D eigenvalue weighted by Gasteiger charge is 2.29. The summed E-state index contributed by atoms with van der Waals surface area (Å²) >= 11 is 0. The fourth-order valence-corrected chi connectivity index (χ4v) is 3.81. The van der Waals surface area contributed by atoms with Crippen LogP contribution >= 0.6 is 0 Å². The summed E-state index contributed by atoms with van der Waals surface area (Å²) in [7, 11) is 0. The second-order valence-electron chi connectivity index (χ2n) is 7.79. The van der Waals surface area contributed by atoms with Gasteiger partial charge in [0.1, 0.15) is 5.82 Å². The molecule has 0 bridgehead atoms. The molecule has 1 aromatic heterocycles. The number of benzene rings is 4. The lowest BCUT2D eigenvalue weighted by molar-refractivity contribution is -0.137. The van der Waals surface area contributed by atoms with Gasteiger partial charge in [0.2, 0.25) is 0 Å². The topological polar surface area (TPSA) is 12.9 Å². The summed E-state index contributed by atoms with van der Waals surface area (Å²) in [6.07, 6.45) is -2.57. The molecule has 5 aromatic rings. The number of fused-ring (bicyclic) bond motifs is 1. The molecule has 0 N–H and O–H groups in total. The van der Waals surface area contributed by atoms with Crippen LogP contribution in [0.25, 0.3) is 44.3 Å². The molecule has 5 rings (SSSR count). The fourth-order valence-electron chi connectivity index (χ4n) is 3.81. The molecule has 1 nitrogen and oxygen atoms in total. The lowest BCUT2D eigenvalue weighted by Gasteiger charge is -2.09. The van der Waals surface area contributed by atoms with Gasteiger partial charge in [-0.1, -0.05) is 60.7 Å². The van der Waals surface area contributed by atoms with Gasteiger partial charge < -0.3 is 0 Å². The van der Waals surface area contributed by atoms with Crippen LogP contribution in [0, 0.1) is 5.82 Å². The molecule has 5 heteroatoms. The Kier molecular flexibility index (Phi) is 5.17. The number of halogens is 4. The molecular weight excluding hydrogens is 426 g/mol. The zero-order chi connectivity index (χ0) is 23.0. The number of rotatable bonds is 3. The van der Waals surface area contributed by atoms with E-state index in [4.69, 9.17) is 0 Å².